The maximum absolute atomic E-state index is 14.0. The van der Waals surface area contributed by atoms with Crippen LogP contribution in [-0.4, -0.2) is 152 Å². The summed E-state index contributed by atoms with van der Waals surface area (Å²) in [4.78, 5) is 64.5. The number of hydrogen-bond donors (Lipinski definition) is 9. The highest BCUT2D eigenvalue weighted by atomic mass is 16.7. The molecule has 15 atom stereocenters. The van der Waals surface area contributed by atoms with Gasteiger partial charge in [-0.05, 0) is 62.1 Å². The number of nitrogens with one attached hydrogen (secondary N) is 2. The quantitative estimate of drug-likeness (QED) is 0.0699. The van der Waals surface area contributed by atoms with E-state index >= 15 is 0 Å². The number of fused-ring (bicyclic) bond motifs is 1. The van der Waals surface area contributed by atoms with E-state index < -0.39 is 122 Å². The second kappa shape index (κ2) is 23.3. The lowest BCUT2D eigenvalue weighted by Crippen LogP contribution is -2.67. The van der Waals surface area contributed by atoms with Crippen LogP contribution in [0.3, 0.4) is 0 Å². The summed E-state index contributed by atoms with van der Waals surface area (Å²) in [6, 6.07) is 4.11. The van der Waals surface area contributed by atoms with Gasteiger partial charge in [0.2, 0.25) is 11.8 Å². The number of ether oxygens (including phenoxy) is 5. The Morgan fingerprint density at radius 1 is 0.909 bits per heavy atom. The summed E-state index contributed by atoms with van der Waals surface area (Å²) in [6.07, 6.45) is -10.9. The topological polar surface area (TPSA) is 310 Å². The first-order valence-electron chi connectivity index (χ1n) is 23.1. The molecule has 4 aliphatic rings. The number of aliphatic carboxylic acids is 1. The number of carbonyl (C=O) groups is 4. The predicted octanol–water partition coefficient (Wildman–Crippen LogP) is 0.932. The average molecular weight is 935 g/mol. The number of carboxylic acids is 1. The zero-order valence-corrected chi connectivity index (χ0v) is 37.6. The largest absolute Gasteiger partial charge is 0.508 e. The number of carboxylic acid groups (broad SMARTS) is 1. The molecule has 1 aromatic carbocycles. The molecule has 4 fully saturated rings. The molecule has 1 aromatic heterocycles. The molecular weight excluding hydrogens is 869 g/mol. The Labute approximate surface area is 381 Å². The van der Waals surface area contributed by atoms with Crippen LogP contribution in [0.15, 0.2) is 33.5 Å². The van der Waals surface area contributed by atoms with Crippen LogP contribution in [0.5, 0.6) is 5.75 Å². The second-order valence-electron chi connectivity index (χ2n) is 18.3. The van der Waals surface area contributed by atoms with E-state index in [-0.39, 0.29) is 61.7 Å². The van der Waals surface area contributed by atoms with E-state index in [1.165, 1.54) is 32.0 Å². The summed E-state index contributed by atoms with van der Waals surface area (Å²) in [5.41, 5.74) is -0.147. The fourth-order valence-electron chi connectivity index (χ4n) is 9.92. The van der Waals surface area contributed by atoms with Crippen LogP contribution in [0.25, 0.3) is 11.0 Å². The van der Waals surface area contributed by atoms with Gasteiger partial charge in [0.25, 0.3) is 0 Å². The minimum atomic E-state index is -1.68. The minimum Gasteiger partial charge on any atom is -0.508 e. The molecule has 3 heterocycles. The molecule has 2 saturated carbocycles. The van der Waals surface area contributed by atoms with Gasteiger partial charge in [0, 0.05) is 43.3 Å². The molecule has 20 nitrogen and oxygen atoms in total. The number of amides is 2. The zero-order chi connectivity index (χ0) is 47.8. The monoisotopic (exact) mass is 934 g/mol. The van der Waals surface area contributed by atoms with E-state index in [2.05, 4.69) is 10.6 Å². The summed E-state index contributed by atoms with van der Waals surface area (Å²) in [5.74, 6) is -3.57. The first-order chi connectivity index (χ1) is 31.5. The van der Waals surface area contributed by atoms with E-state index in [0.29, 0.717) is 23.8 Å². The number of benzene rings is 1. The highest BCUT2D eigenvalue weighted by Gasteiger charge is 2.53. The Bertz CT molecular complexity index is 2030. The summed E-state index contributed by atoms with van der Waals surface area (Å²) in [6.45, 7) is 3.96. The lowest BCUT2D eigenvalue weighted by atomic mass is 9.74. The van der Waals surface area contributed by atoms with E-state index in [0.717, 1.165) is 32.1 Å². The van der Waals surface area contributed by atoms with Crippen molar-refractivity contribution in [1.29, 1.82) is 0 Å². The van der Waals surface area contributed by atoms with Gasteiger partial charge in [-0.25, -0.2) is 9.59 Å². The predicted molar refractivity (Wildman–Crippen MR) is 231 cm³/mol. The Hall–Kier alpha value is -4.09. The van der Waals surface area contributed by atoms with Crippen LogP contribution in [0.1, 0.15) is 97.0 Å². The molecule has 2 saturated heterocycles. The summed E-state index contributed by atoms with van der Waals surface area (Å²) >= 11 is 0. The van der Waals surface area contributed by atoms with Crippen molar-refractivity contribution in [2.75, 3.05) is 13.2 Å². The van der Waals surface area contributed by atoms with Gasteiger partial charge in [0.15, 0.2) is 18.7 Å². The summed E-state index contributed by atoms with van der Waals surface area (Å²) in [5, 5.41) is 80.0. The van der Waals surface area contributed by atoms with Gasteiger partial charge in [0.05, 0.1) is 31.3 Å². The molecule has 2 aliphatic heterocycles. The third-order valence-electron chi connectivity index (χ3n) is 13.5. The SMILES string of the molecule is CCC1CC(C(=O)CCCNC(=O)Cc2cc(=O)oc3cc(O)ccc23)C[C@@H](O[C@@H]2O[C@@H](CO)[C@H](O)C(O[C@@H](CC3CCCCC3)C(=O)O)C2NC(C)=O)[C@@H]1OC1O[C@@H](C)[C@H](O)C(O)[C@@H]1O. The van der Waals surface area contributed by atoms with Crippen LogP contribution in [0.4, 0.5) is 0 Å². The number of phenols is 1. The highest BCUT2D eigenvalue weighted by Crippen LogP contribution is 2.40. The Balaban J connectivity index is 1.20. The van der Waals surface area contributed by atoms with Crippen molar-refractivity contribution in [3.63, 3.8) is 0 Å². The van der Waals surface area contributed by atoms with Crippen molar-refractivity contribution in [2.45, 2.75) is 177 Å². The van der Waals surface area contributed by atoms with Gasteiger partial charge in [-0.15, -0.1) is 0 Å². The molecule has 66 heavy (non-hydrogen) atoms. The number of hydrogen-bond acceptors (Lipinski definition) is 17. The van der Waals surface area contributed by atoms with E-state index in [9.17, 15) is 59.7 Å². The molecule has 2 aromatic rings. The molecule has 368 valence electrons. The molecule has 0 bridgehead atoms. The fraction of sp³-hybridized carbons (Fsp3) is 0.717. The number of ketones is 1. The Kier molecular flexibility index (Phi) is 18.1. The van der Waals surface area contributed by atoms with Gasteiger partial charge in [-0.2, -0.15) is 0 Å². The van der Waals surface area contributed by atoms with Gasteiger partial charge < -0.3 is 74.5 Å². The highest BCUT2D eigenvalue weighted by molar-refractivity contribution is 5.87. The number of carbonyl (C=O) groups excluding carboxylic acids is 3. The summed E-state index contributed by atoms with van der Waals surface area (Å²) < 4.78 is 36.3. The molecule has 2 aliphatic carbocycles. The van der Waals surface area contributed by atoms with Gasteiger partial charge in [0.1, 0.15) is 59.8 Å². The standard InChI is InChI=1S/C46H66N2O18/c1-4-25-16-27(30(52)11-8-14-47-35(53)18-26-19-36(54)62-31-20-28(51)12-13-29(26)31)17-32(42(25)66-46-41(58)40(57)38(55)22(2)61-46)64-45-37(48-23(3)50)43(39(56)34(21-49)65-45)63-33(44(59)60)15-24-9-6-5-7-10-24/h12-13,19-20,22,24-25,27,32-34,37-43,45-46,49,51,55-58H,4-11,14-18,21H2,1-3H3,(H,47,53)(H,48,50)(H,59,60)/t22-,25?,27?,32+,33-,34-,37?,38-,39-,40?,41-,42+,43?,45+,46?/m0/s1. The molecule has 6 unspecified atom stereocenters. The molecule has 0 spiro atoms. The lowest BCUT2D eigenvalue weighted by molar-refractivity contribution is -0.338. The molecule has 6 rings (SSSR count). The third-order valence-corrected chi connectivity index (χ3v) is 13.5. The lowest BCUT2D eigenvalue weighted by Gasteiger charge is -2.49. The van der Waals surface area contributed by atoms with E-state index in [4.69, 9.17) is 28.1 Å². The van der Waals surface area contributed by atoms with Gasteiger partial charge in [-0.1, -0.05) is 45.4 Å². The first-order valence-corrected chi connectivity index (χ1v) is 23.1. The molecule has 0 radical (unpaired) electrons. The molecular formula is C46H66N2O18. The third kappa shape index (κ3) is 12.7. The fourth-order valence-corrected chi connectivity index (χ4v) is 9.92. The zero-order valence-electron chi connectivity index (χ0n) is 37.6. The molecule has 2 amide bonds. The normalized spacial score (nSPS) is 33.5. The number of aliphatic hydroxyl groups excluding tert-OH is 5. The van der Waals surface area contributed by atoms with Crippen LogP contribution < -0.4 is 16.3 Å². The smallest absolute Gasteiger partial charge is 0.336 e. The van der Waals surface area contributed by atoms with Crippen molar-refractivity contribution in [3.05, 3.63) is 40.2 Å². The van der Waals surface area contributed by atoms with Crippen LogP contribution in [-0.2, 0) is 49.3 Å². The molecule has 20 heteroatoms. The minimum absolute atomic E-state index is 0.000917. The van der Waals surface area contributed by atoms with Crippen molar-refractivity contribution in [3.8, 4) is 5.75 Å². The number of aliphatic hydroxyl groups is 5. The number of phenolic OH excluding ortho intramolecular Hbond substituents is 1. The van der Waals surface area contributed by atoms with Crippen molar-refractivity contribution >= 4 is 34.5 Å². The average Bonchev–Trinajstić information content (AvgIpc) is 3.27. The number of rotatable bonds is 19. The van der Waals surface area contributed by atoms with Crippen LogP contribution in [0.2, 0.25) is 0 Å². The van der Waals surface area contributed by atoms with E-state index in [1.54, 1.807) is 6.07 Å². The van der Waals surface area contributed by atoms with Crippen molar-refractivity contribution in [2.24, 2.45) is 17.8 Å². The Morgan fingerprint density at radius 3 is 2.33 bits per heavy atom. The molecule has 9 N–H and O–H groups in total. The van der Waals surface area contributed by atoms with Crippen LogP contribution in [0, 0.1) is 17.8 Å². The Morgan fingerprint density at radius 2 is 1.65 bits per heavy atom. The number of aromatic hydroxyl groups is 1. The summed E-state index contributed by atoms with van der Waals surface area (Å²) in [7, 11) is 0. The van der Waals surface area contributed by atoms with Crippen molar-refractivity contribution in [1.82, 2.24) is 10.6 Å². The number of Topliss-reactive ketones (excluding diaryl/α,β-unsaturated/α-hetero) is 1. The van der Waals surface area contributed by atoms with E-state index in [1.807, 2.05) is 6.92 Å². The first kappa shape index (κ1) is 51.3. The van der Waals surface area contributed by atoms with Gasteiger partial charge in [-0.3, -0.25) is 14.4 Å². The van der Waals surface area contributed by atoms with Crippen molar-refractivity contribution < 1.29 is 83.0 Å². The van der Waals surface area contributed by atoms with Crippen LogP contribution >= 0.6 is 0 Å². The second-order valence-corrected chi connectivity index (χ2v) is 18.3. The maximum atomic E-state index is 14.0. The maximum Gasteiger partial charge on any atom is 0.336 e. The van der Waals surface area contributed by atoms with Gasteiger partial charge >= 0.3 is 11.6 Å².